The largest absolute Gasteiger partial charge is 0.466 e. The Labute approximate surface area is 237 Å². The van der Waals surface area contributed by atoms with Gasteiger partial charge in [-0.05, 0) is 25.7 Å². The minimum absolute atomic E-state index is 0.0346. The van der Waals surface area contributed by atoms with Crippen LogP contribution in [0.5, 0.6) is 0 Å². The second-order valence-electron chi connectivity index (χ2n) is 11.4. The lowest BCUT2D eigenvalue weighted by atomic mass is 10.0. The molecule has 0 aromatic rings. The van der Waals surface area contributed by atoms with Crippen LogP contribution in [0.3, 0.4) is 0 Å². The van der Waals surface area contributed by atoms with Crippen molar-refractivity contribution in [2.45, 2.75) is 194 Å². The highest BCUT2D eigenvalue weighted by Gasteiger charge is 2.04. The Bertz CT molecular complexity index is 491. The number of hydrogen-bond acceptors (Lipinski definition) is 4. The number of unbranched alkanes of at least 4 members (excludes halogenated alkanes) is 23. The van der Waals surface area contributed by atoms with Crippen LogP contribution in [0.1, 0.15) is 194 Å². The number of carbonyl (C=O) groups excluding carboxylic acids is 2. The maximum atomic E-state index is 11.9. The predicted octanol–water partition coefficient (Wildman–Crippen LogP) is 11.0. The highest BCUT2D eigenvalue weighted by molar-refractivity contribution is 5.69. The summed E-state index contributed by atoms with van der Waals surface area (Å²) in [5.74, 6) is -0.0742. The third kappa shape index (κ3) is 31.2. The summed E-state index contributed by atoms with van der Waals surface area (Å²) in [6.07, 6.45) is 33.3. The summed E-state index contributed by atoms with van der Waals surface area (Å²) < 4.78 is 10.7. The van der Waals surface area contributed by atoms with E-state index in [1.165, 1.54) is 116 Å². The minimum Gasteiger partial charge on any atom is -0.466 e. The van der Waals surface area contributed by atoms with Crippen LogP contribution in [0.2, 0.25) is 0 Å². The molecule has 0 spiro atoms. The SMILES string of the molecule is CCCCCCCCCCCCCCCOC(=O)CCCCCCCCC(=O)OCCCCCCCCC. The van der Waals surface area contributed by atoms with Crippen LogP contribution in [0.15, 0.2) is 0 Å². The van der Waals surface area contributed by atoms with Crippen LogP contribution in [0.4, 0.5) is 0 Å². The van der Waals surface area contributed by atoms with Crippen LogP contribution in [0.25, 0.3) is 0 Å². The zero-order valence-corrected chi connectivity index (χ0v) is 25.8. The number of hydrogen-bond donors (Lipinski definition) is 0. The molecule has 0 N–H and O–H groups in total. The van der Waals surface area contributed by atoms with Crippen molar-refractivity contribution in [1.29, 1.82) is 0 Å². The van der Waals surface area contributed by atoms with Gasteiger partial charge in [0.1, 0.15) is 0 Å². The average molecular weight is 539 g/mol. The lowest BCUT2D eigenvalue weighted by Gasteiger charge is -2.06. The summed E-state index contributed by atoms with van der Waals surface area (Å²) in [5, 5.41) is 0. The van der Waals surface area contributed by atoms with E-state index >= 15 is 0 Å². The third-order valence-corrected chi connectivity index (χ3v) is 7.53. The van der Waals surface area contributed by atoms with Gasteiger partial charge in [-0.25, -0.2) is 0 Å². The lowest BCUT2D eigenvalue weighted by Crippen LogP contribution is -2.06. The van der Waals surface area contributed by atoms with Crippen LogP contribution in [-0.4, -0.2) is 25.2 Å². The van der Waals surface area contributed by atoms with Crippen LogP contribution >= 0.6 is 0 Å². The standard InChI is InChI=1S/C34H66O4/c1-3-5-7-9-11-12-13-14-15-16-20-24-28-32-38-34(36)30-26-22-18-17-21-25-29-33(35)37-31-27-23-19-10-8-6-4-2/h3-32H2,1-2H3. The first kappa shape index (κ1) is 36.9. The van der Waals surface area contributed by atoms with Gasteiger partial charge in [-0.15, -0.1) is 0 Å². The quantitative estimate of drug-likeness (QED) is 0.0650. The van der Waals surface area contributed by atoms with Gasteiger partial charge in [0.15, 0.2) is 0 Å². The first-order chi connectivity index (χ1) is 18.7. The maximum absolute atomic E-state index is 11.9. The Morgan fingerprint density at radius 2 is 0.579 bits per heavy atom. The van der Waals surface area contributed by atoms with Crippen molar-refractivity contribution < 1.29 is 19.1 Å². The Morgan fingerprint density at radius 3 is 0.868 bits per heavy atom. The summed E-state index contributed by atoms with van der Waals surface area (Å²) in [6, 6.07) is 0. The average Bonchev–Trinajstić information content (AvgIpc) is 2.91. The molecule has 0 amide bonds. The van der Waals surface area contributed by atoms with Crippen LogP contribution in [-0.2, 0) is 19.1 Å². The fourth-order valence-corrected chi connectivity index (χ4v) is 4.94. The molecule has 0 aliphatic heterocycles. The third-order valence-electron chi connectivity index (χ3n) is 7.53. The molecular weight excluding hydrogens is 472 g/mol. The van der Waals surface area contributed by atoms with Gasteiger partial charge in [-0.1, -0.05) is 155 Å². The normalized spacial score (nSPS) is 11.1. The van der Waals surface area contributed by atoms with E-state index in [0.717, 1.165) is 51.4 Å². The molecule has 0 aromatic heterocycles. The van der Waals surface area contributed by atoms with Gasteiger partial charge in [0, 0.05) is 12.8 Å². The molecule has 0 rings (SSSR count). The maximum Gasteiger partial charge on any atom is 0.305 e. The summed E-state index contributed by atoms with van der Waals surface area (Å²) in [6.45, 7) is 5.69. The van der Waals surface area contributed by atoms with E-state index in [9.17, 15) is 9.59 Å². The Hall–Kier alpha value is -1.06. The Kier molecular flexibility index (Phi) is 31.3. The summed E-state index contributed by atoms with van der Waals surface area (Å²) in [7, 11) is 0. The molecule has 0 aromatic carbocycles. The molecule has 0 bridgehead atoms. The van der Waals surface area contributed by atoms with Gasteiger partial charge in [-0.2, -0.15) is 0 Å². The first-order valence-corrected chi connectivity index (χ1v) is 17.0. The number of carbonyl (C=O) groups is 2. The molecule has 0 aliphatic rings. The van der Waals surface area contributed by atoms with Crippen LogP contribution in [0, 0.1) is 0 Å². The zero-order valence-electron chi connectivity index (χ0n) is 25.8. The van der Waals surface area contributed by atoms with Crippen molar-refractivity contribution >= 4 is 11.9 Å². The van der Waals surface area contributed by atoms with Gasteiger partial charge >= 0.3 is 11.9 Å². The molecule has 0 aliphatic carbocycles. The molecule has 4 heteroatoms. The van der Waals surface area contributed by atoms with Gasteiger partial charge in [0.2, 0.25) is 0 Å². The van der Waals surface area contributed by atoms with Gasteiger partial charge in [0.25, 0.3) is 0 Å². The van der Waals surface area contributed by atoms with E-state index in [1.807, 2.05) is 0 Å². The first-order valence-electron chi connectivity index (χ1n) is 17.0. The zero-order chi connectivity index (χ0) is 27.8. The molecule has 38 heavy (non-hydrogen) atoms. The molecule has 0 fully saturated rings. The number of ether oxygens (including phenoxy) is 2. The molecule has 0 unspecified atom stereocenters. The van der Waals surface area contributed by atoms with Crippen molar-refractivity contribution in [3.63, 3.8) is 0 Å². The van der Waals surface area contributed by atoms with Gasteiger partial charge in [-0.3, -0.25) is 9.59 Å². The van der Waals surface area contributed by atoms with Crippen molar-refractivity contribution in [3.8, 4) is 0 Å². The summed E-state index contributed by atoms with van der Waals surface area (Å²) in [4.78, 5) is 23.7. The number of esters is 2. The van der Waals surface area contributed by atoms with E-state index in [4.69, 9.17) is 9.47 Å². The fraction of sp³-hybridized carbons (Fsp3) is 0.941. The van der Waals surface area contributed by atoms with Crippen molar-refractivity contribution in [2.75, 3.05) is 13.2 Å². The smallest absolute Gasteiger partial charge is 0.305 e. The lowest BCUT2D eigenvalue weighted by molar-refractivity contribution is -0.144. The number of rotatable bonds is 31. The fourth-order valence-electron chi connectivity index (χ4n) is 4.94. The van der Waals surface area contributed by atoms with E-state index in [1.54, 1.807) is 0 Å². The monoisotopic (exact) mass is 538 g/mol. The van der Waals surface area contributed by atoms with Gasteiger partial charge in [0.05, 0.1) is 13.2 Å². The molecule has 0 radical (unpaired) electrons. The molecule has 226 valence electrons. The molecule has 0 heterocycles. The topological polar surface area (TPSA) is 52.6 Å². The van der Waals surface area contributed by atoms with E-state index in [2.05, 4.69) is 13.8 Å². The highest BCUT2D eigenvalue weighted by Crippen LogP contribution is 2.13. The van der Waals surface area contributed by atoms with E-state index in [-0.39, 0.29) is 11.9 Å². The van der Waals surface area contributed by atoms with E-state index in [0.29, 0.717) is 26.1 Å². The summed E-state index contributed by atoms with van der Waals surface area (Å²) in [5.41, 5.74) is 0. The van der Waals surface area contributed by atoms with Crippen molar-refractivity contribution in [1.82, 2.24) is 0 Å². The second-order valence-corrected chi connectivity index (χ2v) is 11.4. The van der Waals surface area contributed by atoms with E-state index < -0.39 is 0 Å². The molecule has 0 saturated carbocycles. The Morgan fingerprint density at radius 1 is 0.342 bits per heavy atom. The van der Waals surface area contributed by atoms with Crippen LogP contribution < -0.4 is 0 Å². The van der Waals surface area contributed by atoms with Gasteiger partial charge < -0.3 is 9.47 Å². The molecule has 4 nitrogen and oxygen atoms in total. The Balaban J connectivity index is 3.24. The predicted molar refractivity (Wildman–Crippen MR) is 163 cm³/mol. The van der Waals surface area contributed by atoms with Crippen molar-refractivity contribution in [2.24, 2.45) is 0 Å². The molecular formula is C34H66O4. The van der Waals surface area contributed by atoms with Crippen molar-refractivity contribution in [3.05, 3.63) is 0 Å². The second kappa shape index (κ2) is 32.2. The highest BCUT2D eigenvalue weighted by atomic mass is 16.5. The molecule has 0 saturated heterocycles. The summed E-state index contributed by atoms with van der Waals surface area (Å²) >= 11 is 0. The minimum atomic E-state index is -0.0396. The molecule has 0 atom stereocenters.